The fraction of sp³-hybridized carbons (Fsp3) is 0.182. The van der Waals surface area contributed by atoms with Crippen LogP contribution in [-0.4, -0.2) is 40.0 Å². The van der Waals surface area contributed by atoms with Crippen LogP contribution in [0.3, 0.4) is 0 Å². The summed E-state index contributed by atoms with van der Waals surface area (Å²) in [7, 11) is -7.75. The van der Waals surface area contributed by atoms with Crippen LogP contribution in [0.1, 0.15) is 13.3 Å². The van der Waals surface area contributed by atoms with Gasteiger partial charge in [0, 0.05) is 11.9 Å². The van der Waals surface area contributed by atoms with E-state index in [1.54, 1.807) is 19.1 Å². The second-order valence-corrected chi connectivity index (χ2v) is 10.9. The van der Waals surface area contributed by atoms with Crippen molar-refractivity contribution >= 4 is 43.0 Å². The number of sulfonamides is 2. The molecule has 0 aliphatic heterocycles. The highest BCUT2D eigenvalue weighted by atomic mass is 32.2. The number of aromatic nitrogens is 1. The fourth-order valence-electron chi connectivity index (χ4n) is 3.23. The number of halogens is 1. The number of amides is 1. The van der Waals surface area contributed by atoms with E-state index in [2.05, 4.69) is 15.0 Å². The molecule has 0 fully saturated rings. The van der Waals surface area contributed by atoms with Gasteiger partial charge in [-0.3, -0.25) is 18.8 Å². The average molecular weight is 507 g/mol. The van der Waals surface area contributed by atoms with Crippen LogP contribution in [0.2, 0.25) is 0 Å². The summed E-state index contributed by atoms with van der Waals surface area (Å²) in [5.74, 6) is -1.16. The van der Waals surface area contributed by atoms with Crippen LogP contribution in [0, 0.1) is 5.82 Å². The first-order valence-corrected chi connectivity index (χ1v) is 13.4. The van der Waals surface area contributed by atoms with Gasteiger partial charge in [-0.25, -0.2) is 21.2 Å². The number of hydrogen-bond donors (Lipinski definition) is 2. The molecule has 180 valence electrons. The minimum atomic E-state index is -3.88. The molecule has 0 aliphatic rings. The monoisotopic (exact) mass is 506 g/mol. The first-order chi connectivity index (χ1) is 16.0. The van der Waals surface area contributed by atoms with Crippen molar-refractivity contribution in [1.29, 1.82) is 0 Å². The Bertz CT molecular complexity index is 1350. The van der Waals surface area contributed by atoms with Crippen molar-refractivity contribution < 1.29 is 26.0 Å². The van der Waals surface area contributed by atoms with Gasteiger partial charge in [0.2, 0.25) is 15.9 Å². The van der Waals surface area contributed by atoms with E-state index in [0.29, 0.717) is 5.69 Å². The molecule has 0 bridgehead atoms. The van der Waals surface area contributed by atoms with E-state index in [1.807, 2.05) is 0 Å². The number of nitrogens with zero attached hydrogens (tertiary/aromatic N) is 2. The Morgan fingerprint density at radius 1 is 1.00 bits per heavy atom. The number of carbonyl (C=O) groups excluding carboxylic acids is 1. The molecule has 0 unspecified atom stereocenters. The molecule has 0 saturated heterocycles. The van der Waals surface area contributed by atoms with E-state index in [1.165, 1.54) is 48.8 Å². The SMILES string of the molecule is CC[C@@H](C(=O)Nc1ccc(S(=O)(=O)Nc2cccnc2)cc1)N(c1ccc(F)cc1)S(C)(=O)=O. The van der Waals surface area contributed by atoms with Gasteiger partial charge in [0.1, 0.15) is 11.9 Å². The van der Waals surface area contributed by atoms with Gasteiger partial charge in [-0.05, 0) is 67.1 Å². The molecule has 1 heterocycles. The third-order valence-corrected chi connectivity index (χ3v) is 7.33. The maximum absolute atomic E-state index is 13.3. The molecule has 0 spiro atoms. The first-order valence-electron chi connectivity index (χ1n) is 10.1. The lowest BCUT2D eigenvalue weighted by Crippen LogP contribution is -2.47. The van der Waals surface area contributed by atoms with Crippen molar-refractivity contribution in [2.45, 2.75) is 24.3 Å². The topological polar surface area (TPSA) is 126 Å². The molecule has 2 aromatic carbocycles. The lowest BCUT2D eigenvalue weighted by atomic mass is 10.2. The average Bonchev–Trinajstić information content (AvgIpc) is 2.78. The predicted molar refractivity (Wildman–Crippen MR) is 128 cm³/mol. The fourth-order valence-corrected chi connectivity index (χ4v) is 5.48. The Hall–Kier alpha value is -3.51. The number of nitrogens with one attached hydrogen (secondary N) is 2. The van der Waals surface area contributed by atoms with E-state index in [4.69, 9.17) is 0 Å². The summed E-state index contributed by atoms with van der Waals surface area (Å²) in [6.07, 6.45) is 3.98. The molecule has 34 heavy (non-hydrogen) atoms. The molecule has 1 amide bonds. The van der Waals surface area contributed by atoms with Gasteiger partial charge in [0.15, 0.2) is 0 Å². The Labute approximate surface area is 197 Å². The molecule has 1 atom stereocenters. The molecular formula is C22H23FN4O5S2. The summed E-state index contributed by atoms with van der Waals surface area (Å²) in [6, 6.07) is 12.2. The van der Waals surface area contributed by atoms with E-state index in [9.17, 15) is 26.0 Å². The molecule has 3 aromatic rings. The van der Waals surface area contributed by atoms with Gasteiger partial charge >= 0.3 is 0 Å². The van der Waals surface area contributed by atoms with Gasteiger partial charge in [0.25, 0.3) is 10.0 Å². The summed E-state index contributed by atoms with van der Waals surface area (Å²) >= 11 is 0. The van der Waals surface area contributed by atoms with Gasteiger partial charge in [-0.1, -0.05) is 6.92 Å². The lowest BCUT2D eigenvalue weighted by molar-refractivity contribution is -0.117. The van der Waals surface area contributed by atoms with Crippen LogP contribution in [0.4, 0.5) is 21.5 Å². The van der Waals surface area contributed by atoms with Crippen LogP contribution >= 0.6 is 0 Å². The summed E-state index contributed by atoms with van der Waals surface area (Å²) in [6.45, 7) is 1.64. The summed E-state index contributed by atoms with van der Waals surface area (Å²) in [4.78, 5) is 16.8. The standard InChI is InChI=1S/C22H23FN4O5S2/c1-3-21(27(33(2,29)30)19-10-6-16(23)7-11-19)22(28)25-17-8-12-20(13-9-17)34(31,32)26-18-5-4-14-24-15-18/h4-15,21,26H,3H2,1-2H3,(H,25,28)/t21-/m0/s1. The lowest BCUT2D eigenvalue weighted by Gasteiger charge is -2.30. The number of anilines is 3. The van der Waals surface area contributed by atoms with E-state index in [-0.39, 0.29) is 22.7 Å². The quantitative estimate of drug-likeness (QED) is 0.459. The zero-order chi connectivity index (χ0) is 24.9. The van der Waals surface area contributed by atoms with Crippen molar-refractivity contribution in [2.24, 2.45) is 0 Å². The van der Waals surface area contributed by atoms with Gasteiger partial charge in [-0.15, -0.1) is 0 Å². The smallest absolute Gasteiger partial charge is 0.261 e. The highest BCUT2D eigenvalue weighted by Crippen LogP contribution is 2.24. The summed E-state index contributed by atoms with van der Waals surface area (Å²) in [5, 5.41) is 2.61. The third kappa shape index (κ3) is 6.08. The normalized spacial score (nSPS) is 12.6. The van der Waals surface area contributed by atoms with Crippen LogP contribution < -0.4 is 14.3 Å². The molecule has 0 radical (unpaired) electrons. The van der Waals surface area contributed by atoms with Crippen molar-refractivity contribution in [3.05, 3.63) is 78.9 Å². The zero-order valence-electron chi connectivity index (χ0n) is 18.3. The Balaban J connectivity index is 1.79. The minimum Gasteiger partial charge on any atom is -0.324 e. The van der Waals surface area contributed by atoms with Crippen molar-refractivity contribution in [2.75, 3.05) is 20.6 Å². The van der Waals surface area contributed by atoms with Crippen LogP contribution in [0.25, 0.3) is 0 Å². The van der Waals surface area contributed by atoms with E-state index < -0.39 is 37.8 Å². The number of rotatable bonds is 9. The van der Waals surface area contributed by atoms with Crippen molar-refractivity contribution in [1.82, 2.24) is 4.98 Å². The molecule has 0 saturated carbocycles. The molecular weight excluding hydrogens is 483 g/mol. The maximum Gasteiger partial charge on any atom is 0.261 e. The largest absolute Gasteiger partial charge is 0.324 e. The van der Waals surface area contributed by atoms with Crippen LogP contribution in [-0.2, 0) is 24.8 Å². The molecule has 3 rings (SSSR count). The summed E-state index contributed by atoms with van der Waals surface area (Å²) in [5.41, 5.74) is 0.720. The van der Waals surface area contributed by atoms with E-state index in [0.717, 1.165) is 22.7 Å². The van der Waals surface area contributed by atoms with Crippen molar-refractivity contribution in [3.63, 3.8) is 0 Å². The number of pyridine rings is 1. The second-order valence-electron chi connectivity index (χ2n) is 7.32. The first kappa shape index (κ1) is 25.1. The van der Waals surface area contributed by atoms with Gasteiger partial charge < -0.3 is 5.32 Å². The number of benzene rings is 2. The van der Waals surface area contributed by atoms with Crippen LogP contribution in [0.5, 0.6) is 0 Å². The Kier molecular flexibility index (Phi) is 7.52. The number of carbonyl (C=O) groups is 1. The van der Waals surface area contributed by atoms with Crippen LogP contribution in [0.15, 0.2) is 78.0 Å². The zero-order valence-corrected chi connectivity index (χ0v) is 20.0. The second kappa shape index (κ2) is 10.2. The molecule has 12 heteroatoms. The molecule has 2 N–H and O–H groups in total. The van der Waals surface area contributed by atoms with Gasteiger partial charge in [0.05, 0.1) is 28.7 Å². The number of hydrogen-bond acceptors (Lipinski definition) is 6. The summed E-state index contributed by atoms with van der Waals surface area (Å²) < 4.78 is 66.6. The molecule has 9 nitrogen and oxygen atoms in total. The highest BCUT2D eigenvalue weighted by molar-refractivity contribution is 7.92. The maximum atomic E-state index is 13.3. The Morgan fingerprint density at radius 2 is 1.65 bits per heavy atom. The van der Waals surface area contributed by atoms with Crippen molar-refractivity contribution in [3.8, 4) is 0 Å². The molecule has 1 aromatic heterocycles. The Morgan fingerprint density at radius 3 is 2.18 bits per heavy atom. The van der Waals surface area contributed by atoms with E-state index >= 15 is 0 Å². The minimum absolute atomic E-state index is 0.0366. The molecule has 0 aliphatic carbocycles. The highest BCUT2D eigenvalue weighted by Gasteiger charge is 2.31. The predicted octanol–water partition coefficient (Wildman–Crippen LogP) is 3.20. The third-order valence-electron chi connectivity index (χ3n) is 4.76. The van der Waals surface area contributed by atoms with Gasteiger partial charge in [-0.2, -0.15) is 0 Å².